The highest BCUT2D eigenvalue weighted by molar-refractivity contribution is 8.16. The summed E-state index contributed by atoms with van der Waals surface area (Å²) in [6.45, 7) is 2.29. The third-order valence-electron chi connectivity index (χ3n) is 5.79. The topological polar surface area (TPSA) is 17.1 Å². The Morgan fingerprint density at radius 3 is 1.78 bits per heavy atom. The van der Waals surface area contributed by atoms with Gasteiger partial charge in [0, 0.05) is 6.93 Å². The SMILES string of the molecule is O=Cc1ccccc1Cc1ccccc1.[2H]CC.c1ccc(Cc2ccccc2C2SCCCS2)cc1. The predicted octanol–water partition coefficient (Wildman–Crippen LogP) is 9.26. The Labute approximate surface area is 227 Å². The van der Waals surface area contributed by atoms with Crippen molar-refractivity contribution in [3.05, 3.63) is 143 Å². The van der Waals surface area contributed by atoms with Crippen LogP contribution in [-0.4, -0.2) is 17.8 Å². The first-order chi connectivity index (χ1) is 18.2. The van der Waals surface area contributed by atoms with Gasteiger partial charge in [-0.3, -0.25) is 4.79 Å². The molecular weight excluding hydrogens is 476 g/mol. The van der Waals surface area contributed by atoms with Crippen LogP contribution < -0.4 is 0 Å². The zero-order valence-corrected chi connectivity index (χ0v) is 22.6. The van der Waals surface area contributed by atoms with Crippen molar-refractivity contribution in [2.45, 2.75) is 37.7 Å². The molecule has 0 N–H and O–H groups in total. The number of thioether (sulfide) groups is 2. The van der Waals surface area contributed by atoms with E-state index in [1.165, 1.54) is 40.2 Å². The van der Waals surface area contributed by atoms with Gasteiger partial charge in [0.25, 0.3) is 0 Å². The number of carbonyl (C=O) groups excluding carboxylic acids is 1. The third kappa shape index (κ3) is 8.72. The molecule has 0 amide bonds. The highest BCUT2D eigenvalue weighted by Crippen LogP contribution is 2.45. The monoisotopic (exact) mass is 513 g/mol. The molecule has 1 aliphatic rings. The van der Waals surface area contributed by atoms with E-state index in [0.29, 0.717) is 11.5 Å². The first-order valence-corrected chi connectivity index (χ1v) is 14.6. The van der Waals surface area contributed by atoms with Gasteiger partial charge in [-0.15, -0.1) is 23.5 Å². The lowest BCUT2D eigenvalue weighted by atomic mass is 10.0. The van der Waals surface area contributed by atoms with Crippen molar-refractivity contribution in [2.75, 3.05) is 11.5 Å². The smallest absolute Gasteiger partial charge is 0.150 e. The number of rotatable bonds is 6. The molecule has 186 valence electrons. The van der Waals surface area contributed by atoms with Crippen LogP contribution in [0.25, 0.3) is 0 Å². The first-order valence-electron chi connectivity index (χ1n) is 13.2. The van der Waals surface area contributed by atoms with Gasteiger partial charge < -0.3 is 0 Å². The fourth-order valence-corrected chi connectivity index (χ4v) is 7.05. The lowest BCUT2D eigenvalue weighted by molar-refractivity contribution is 0.112. The molecule has 3 heteroatoms. The maximum absolute atomic E-state index is 10.8. The number of carbonyl (C=O) groups is 1. The average Bonchev–Trinajstić information content (AvgIpc) is 2.96. The van der Waals surface area contributed by atoms with Gasteiger partial charge in [-0.25, -0.2) is 0 Å². The quantitative estimate of drug-likeness (QED) is 0.239. The molecule has 36 heavy (non-hydrogen) atoms. The van der Waals surface area contributed by atoms with Crippen LogP contribution in [0.5, 0.6) is 0 Å². The van der Waals surface area contributed by atoms with E-state index in [9.17, 15) is 4.79 Å². The maximum Gasteiger partial charge on any atom is 0.150 e. The molecule has 4 aromatic rings. The van der Waals surface area contributed by atoms with Gasteiger partial charge in [0.2, 0.25) is 0 Å². The minimum atomic E-state index is 0.500. The number of benzene rings is 4. The van der Waals surface area contributed by atoms with Crippen LogP contribution >= 0.6 is 23.5 Å². The summed E-state index contributed by atoms with van der Waals surface area (Å²) in [6.07, 6.45) is 4.13. The summed E-state index contributed by atoms with van der Waals surface area (Å²) in [6, 6.07) is 37.6. The van der Waals surface area contributed by atoms with E-state index in [4.69, 9.17) is 1.37 Å². The van der Waals surface area contributed by atoms with Crippen molar-refractivity contribution in [1.29, 1.82) is 0 Å². The molecule has 0 spiro atoms. The van der Waals surface area contributed by atoms with Gasteiger partial charge in [0.05, 0.1) is 4.58 Å². The summed E-state index contributed by atoms with van der Waals surface area (Å²) in [7, 11) is 0. The van der Waals surface area contributed by atoms with Gasteiger partial charge in [0.1, 0.15) is 6.29 Å². The summed E-state index contributed by atoms with van der Waals surface area (Å²) in [5, 5.41) is 0. The molecule has 1 fully saturated rings. The summed E-state index contributed by atoms with van der Waals surface area (Å²) >= 11 is 4.21. The van der Waals surface area contributed by atoms with E-state index < -0.39 is 0 Å². The van der Waals surface area contributed by atoms with Crippen LogP contribution in [-0.2, 0) is 12.8 Å². The molecule has 1 heterocycles. The molecule has 0 aliphatic carbocycles. The zero-order chi connectivity index (χ0) is 26.1. The van der Waals surface area contributed by atoms with E-state index in [2.05, 4.69) is 90.3 Å². The average molecular weight is 514 g/mol. The van der Waals surface area contributed by atoms with Crippen LogP contribution in [0.1, 0.15) is 64.4 Å². The molecule has 1 aliphatic heterocycles. The van der Waals surface area contributed by atoms with Crippen molar-refractivity contribution >= 4 is 29.8 Å². The molecule has 0 atom stereocenters. The van der Waals surface area contributed by atoms with Crippen molar-refractivity contribution in [1.82, 2.24) is 0 Å². The predicted molar refractivity (Wildman–Crippen MR) is 160 cm³/mol. The Balaban J connectivity index is 0.000000190. The summed E-state index contributed by atoms with van der Waals surface area (Å²) in [5.74, 6) is 2.61. The molecule has 1 saturated heterocycles. The lowest BCUT2D eigenvalue weighted by Crippen LogP contribution is -2.03. The second kappa shape index (κ2) is 16.1. The van der Waals surface area contributed by atoms with Crippen LogP contribution in [0.3, 0.4) is 0 Å². The molecule has 0 saturated carbocycles. The molecule has 0 aromatic heterocycles. The number of aldehydes is 1. The second-order valence-electron chi connectivity index (χ2n) is 8.27. The maximum atomic E-state index is 10.8. The number of hydrogen-bond donors (Lipinski definition) is 0. The summed E-state index contributed by atoms with van der Waals surface area (Å²) in [5.41, 5.74) is 7.51. The van der Waals surface area contributed by atoms with Crippen molar-refractivity contribution < 1.29 is 6.17 Å². The van der Waals surface area contributed by atoms with Crippen molar-refractivity contribution in [3.8, 4) is 0 Å². The standard InChI is InChI=1S/C17H18S2.C14H12O.C2H6/c1-2-7-14(8-3-1)13-15-9-4-5-10-16(15)17-18-11-6-12-19-17;15-11-14-9-5-4-8-13(14)10-12-6-2-1-3-7-12;1-2/h1-5,7-10,17H,6,11-13H2;1-9,11H,10H2;1-2H3/i;;1D. The molecule has 5 rings (SSSR count). The Morgan fingerprint density at radius 2 is 1.19 bits per heavy atom. The minimum absolute atomic E-state index is 0.500. The van der Waals surface area contributed by atoms with Crippen molar-refractivity contribution in [3.63, 3.8) is 0 Å². The summed E-state index contributed by atoms with van der Waals surface area (Å²) in [4.78, 5) is 10.8. The van der Waals surface area contributed by atoms with Gasteiger partial charge in [-0.1, -0.05) is 123 Å². The molecule has 1 nitrogen and oxygen atoms in total. The Morgan fingerprint density at radius 1 is 0.722 bits per heavy atom. The van der Waals surface area contributed by atoms with E-state index in [1.807, 2.05) is 42.5 Å². The van der Waals surface area contributed by atoms with E-state index >= 15 is 0 Å². The van der Waals surface area contributed by atoms with E-state index in [0.717, 1.165) is 30.3 Å². The van der Waals surface area contributed by atoms with E-state index in [-0.39, 0.29) is 0 Å². The van der Waals surface area contributed by atoms with Crippen molar-refractivity contribution in [2.24, 2.45) is 0 Å². The van der Waals surface area contributed by atoms with Gasteiger partial charge >= 0.3 is 0 Å². The largest absolute Gasteiger partial charge is 0.298 e. The van der Waals surface area contributed by atoms with Crippen LogP contribution in [0.15, 0.2) is 109 Å². The second-order valence-corrected chi connectivity index (χ2v) is 11.0. The lowest BCUT2D eigenvalue weighted by Gasteiger charge is -2.23. The molecule has 0 unspecified atom stereocenters. The Hall–Kier alpha value is -2.75. The fourth-order valence-electron chi connectivity index (χ4n) is 4.03. The van der Waals surface area contributed by atoms with Gasteiger partial charge in [0.15, 0.2) is 0 Å². The minimum Gasteiger partial charge on any atom is -0.298 e. The highest BCUT2D eigenvalue weighted by atomic mass is 32.2. The van der Waals surface area contributed by atoms with E-state index in [1.54, 1.807) is 6.92 Å². The highest BCUT2D eigenvalue weighted by Gasteiger charge is 2.19. The Bertz CT molecular complexity index is 1180. The molecule has 0 radical (unpaired) electrons. The van der Waals surface area contributed by atoms with Gasteiger partial charge in [-0.05, 0) is 58.6 Å². The third-order valence-corrected chi connectivity index (χ3v) is 8.77. The number of hydrogen-bond acceptors (Lipinski definition) is 3. The first kappa shape index (κ1) is 26.3. The normalized spacial score (nSPS) is 13.3. The molecule has 4 aromatic carbocycles. The summed E-state index contributed by atoms with van der Waals surface area (Å²) < 4.78 is 6.84. The van der Waals surface area contributed by atoms with Gasteiger partial charge in [-0.2, -0.15) is 0 Å². The van der Waals surface area contributed by atoms with Crippen LogP contribution in [0.2, 0.25) is 0 Å². The van der Waals surface area contributed by atoms with Crippen LogP contribution in [0.4, 0.5) is 0 Å². The molecule has 0 bridgehead atoms. The van der Waals surface area contributed by atoms with Crippen LogP contribution in [0, 0.1) is 0 Å². The Kier molecular flexibility index (Phi) is 11.8. The molecular formula is C33H36OS2. The zero-order valence-electron chi connectivity index (χ0n) is 22.0. The fraction of sp³-hybridized carbons (Fsp3) is 0.242.